The Balaban J connectivity index is 2.57. The predicted octanol–water partition coefficient (Wildman–Crippen LogP) is 2.76. The fourth-order valence-electron chi connectivity index (χ4n) is 1.37. The number of aromatic nitrogens is 2. The van der Waals surface area contributed by atoms with Gasteiger partial charge in [0.25, 0.3) is 0 Å². The first-order valence-electron chi connectivity index (χ1n) is 4.47. The molecule has 0 spiro atoms. The van der Waals surface area contributed by atoms with Crippen molar-refractivity contribution in [2.45, 2.75) is 6.92 Å². The van der Waals surface area contributed by atoms with Crippen molar-refractivity contribution in [2.75, 3.05) is 0 Å². The number of aryl methyl sites for hydroxylation is 1. The van der Waals surface area contributed by atoms with Crippen molar-refractivity contribution in [1.82, 2.24) is 9.78 Å². The van der Waals surface area contributed by atoms with Gasteiger partial charge in [-0.3, -0.25) is 4.79 Å². The van der Waals surface area contributed by atoms with Gasteiger partial charge in [-0.1, -0.05) is 15.9 Å². The second kappa shape index (κ2) is 3.98. The highest BCUT2D eigenvalue weighted by atomic mass is 79.9. The average molecular weight is 265 g/mol. The van der Waals surface area contributed by atoms with E-state index >= 15 is 0 Å². The lowest BCUT2D eigenvalue weighted by atomic mass is 10.2. The molecular formula is C11H9BrN2O. The third kappa shape index (κ3) is 1.99. The molecule has 2 rings (SSSR count). The smallest absolute Gasteiger partial charge is 0.152 e. The van der Waals surface area contributed by atoms with Crippen molar-refractivity contribution >= 4 is 22.2 Å². The van der Waals surface area contributed by atoms with Gasteiger partial charge in [0.1, 0.15) is 0 Å². The van der Waals surface area contributed by atoms with Crippen LogP contribution in [0.5, 0.6) is 0 Å². The predicted molar refractivity (Wildman–Crippen MR) is 61.4 cm³/mol. The Kier molecular flexibility index (Phi) is 2.68. The highest BCUT2D eigenvalue weighted by molar-refractivity contribution is 9.10. The number of benzene rings is 1. The SMILES string of the molecule is Cc1cnn(-c2ccc(Br)cc2C=O)c1. The minimum atomic E-state index is 0.618. The van der Waals surface area contributed by atoms with Gasteiger partial charge in [0.05, 0.1) is 11.9 Å². The minimum absolute atomic E-state index is 0.618. The van der Waals surface area contributed by atoms with Gasteiger partial charge in [0, 0.05) is 16.2 Å². The summed E-state index contributed by atoms with van der Waals surface area (Å²) in [6.45, 7) is 1.96. The fourth-order valence-corrected chi connectivity index (χ4v) is 1.75. The summed E-state index contributed by atoms with van der Waals surface area (Å²) in [5.74, 6) is 0. The second-order valence-corrected chi connectivity index (χ2v) is 4.20. The van der Waals surface area contributed by atoms with Gasteiger partial charge in [0.2, 0.25) is 0 Å². The number of halogens is 1. The zero-order valence-corrected chi connectivity index (χ0v) is 9.73. The molecule has 2 aromatic rings. The van der Waals surface area contributed by atoms with Crippen molar-refractivity contribution in [2.24, 2.45) is 0 Å². The van der Waals surface area contributed by atoms with E-state index in [-0.39, 0.29) is 0 Å². The van der Waals surface area contributed by atoms with E-state index in [2.05, 4.69) is 21.0 Å². The normalized spacial score (nSPS) is 10.3. The van der Waals surface area contributed by atoms with E-state index < -0.39 is 0 Å². The highest BCUT2D eigenvalue weighted by Crippen LogP contribution is 2.18. The molecule has 0 fully saturated rings. The molecule has 0 aliphatic carbocycles. The molecule has 0 saturated heterocycles. The molecule has 1 heterocycles. The number of nitrogens with zero attached hydrogens (tertiary/aromatic N) is 2. The summed E-state index contributed by atoms with van der Waals surface area (Å²) in [6, 6.07) is 5.53. The summed E-state index contributed by atoms with van der Waals surface area (Å²) in [7, 11) is 0. The maximum absolute atomic E-state index is 10.9. The minimum Gasteiger partial charge on any atom is -0.298 e. The van der Waals surface area contributed by atoms with Gasteiger partial charge in [-0.25, -0.2) is 4.68 Å². The van der Waals surface area contributed by atoms with E-state index in [0.717, 1.165) is 22.0 Å². The maximum Gasteiger partial charge on any atom is 0.152 e. The van der Waals surface area contributed by atoms with Crippen molar-refractivity contribution in [3.8, 4) is 5.69 Å². The Labute approximate surface area is 95.9 Å². The van der Waals surface area contributed by atoms with E-state index in [1.54, 1.807) is 16.9 Å². The topological polar surface area (TPSA) is 34.9 Å². The van der Waals surface area contributed by atoms with Gasteiger partial charge in [-0.15, -0.1) is 0 Å². The molecule has 4 heteroatoms. The lowest BCUT2D eigenvalue weighted by Gasteiger charge is -2.04. The summed E-state index contributed by atoms with van der Waals surface area (Å²) in [4.78, 5) is 10.9. The summed E-state index contributed by atoms with van der Waals surface area (Å²) < 4.78 is 2.59. The average Bonchev–Trinajstić information content (AvgIpc) is 2.64. The lowest BCUT2D eigenvalue weighted by molar-refractivity contribution is 0.112. The van der Waals surface area contributed by atoms with E-state index in [9.17, 15) is 4.79 Å². The zero-order valence-electron chi connectivity index (χ0n) is 8.14. The summed E-state index contributed by atoms with van der Waals surface area (Å²) in [5, 5.41) is 4.17. The quantitative estimate of drug-likeness (QED) is 0.782. The lowest BCUT2D eigenvalue weighted by Crippen LogP contribution is -1.99. The molecule has 0 bridgehead atoms. The van der Waals surface area contributed by atoms with Crippen LogP contribution in [-0.4, -0.2) is 16.1 Å². The molecule has 0 amide bonds. The first-order chi connectivity index (χ1) is 7.20. The number of aldehydes is 1. The van der Waals surface area contributed by atoms with Crippen LogP contribution in [0.25, 0.3) is 5.69 Å². The molecule has 1 aromatic carbocycles. The highest BCUT2D eigenvalue weighted by Gasteiger charge is 2.05. The number of rotatable bonds is 2. The number of hydrogen-bond acceptors (Lipinski definition) is 2. The summed E-state index contributed by atoms with van der Waals surface area (Å²) >= 11 is 3.33. The van der Waals surface area contributed by atoms with Crippen LogP contribution in [0.1, 0.15) is 15.9 Å². The molecule has 3 nitrogen and oxygen atoms in total. The van der Waals surface area contributed by atoms with Crippen LogP contribution < -0.4 is 0 Å². The standard InChI is InChI=1S/C11H9BrN2O/c1-8-5-13-14(6-8)11-3-2-10(12)4-9(11)7-15/h2-7H,1H3. The summed E-state index contributed by atoms with van der Waals surface area (Å²) in [5.41, 5.74) is 2.48. The van der Waals surface area contributed by atoms with Crippen LogP contribution in [0.3, 0.4) is 0 Å². The molecule has 1 aromatic heterocycles. The Hall–Kier alpha value is -1.42. The van der Waals surface area contributed by atoms with Crippen molar-refractivity contribution < 1.29 is 4.79 Å². The van der Waals surface area contributed by atoms with Crippen LogP contribution in [0.15, 0.2) is 35.1 Å². The zero-order chi connectivity index (χ0) is 10.8. The Morgan fingerprint density at radius 1 is 1.47 bits per heavy atom. The van der Waals surface area contributed by atoms with E-state index in [4.69, 9.17) is 0 Å². The molecule has 0 radical (unpaired) electrons. The Morgan fingerprint density at radius 3 is 2.87 bits per heavy atom. The van der Waals surface area contributed by atoms with Gasteiger partial charge >= 0.3 is 0 Å². The fraction of sp³-hybridized carbons (Fsp3) is 0.0909. The van der Waals surface area contributed by atoms with Crippen molar-refractivity contribution in [3.05, 3.63) is 46.2 Å². The van der Waals surface area contributed by atoms with Crippen LogP contribution in [0.4, 0.5) is 0 Å². The molecule has 0 saturated carbocycles. The van der Waals surface area contributed by atoms with E-state index in [1.165, 1.54) is 0 Å². The third-order valence-corrected chi connectivity index (χ3v) is 2.57. The number of carbonyl (C=O) groups is 1. The first kappa shape index (κ1) is 10.1. The number of hydrogen-bond donors (Lipinski definition) is 0. The molecule has 0 N–H and O–H groups in total. The van der Waals surface area contributed by atoms with Gasteiger partial charge in [-0.05, 0) is 30.7 Å². The van der Waals surface area contributed by atoms with Crippen molar-refractivity contribution in [3.63, 3.8) is 0 Å². The van der Waals surface area contributed by atoms with Crippen LogP contribution in [0, 0.1) is 6.92 Å². The van der Waals surface area contributed by atoms with Gasteiger partial charge in [0.15, 0.2) is 6.29 Å². The van der Waals surface area contributed by atoms with Crippen LogP contribution in [-0.2, 0) is 0 Å². The van der Waals surface area contributed by atoms with Gasteiger partial charge < -0.3 is 0 Å². The van der Waals surface area contributed by atoms with E-state index in [0.29, 0.717) is 5.56 Å². The Morgan fingerprint density at radius 2 is 2.27 bits per heavy atom. The third-order valence-electron chi connectivity index (χ3n) is 2.08. The molecular weight excluding hydrogens is 256 g/mol. The van der Waals surface area contributed by atoms with Crippen molar-refractivity contribution in [1.29, 1.82) is 0 Å². The molecule has 0 aliphatic heterocycles. The maximum atomic E-state index is 10.9. The second-order valence-electron chi connectivity index (χ2n) is 3.28. The molecule has 76 valence electrons. The first-order valence-corrected chi connectivity index (χ1v) is 5.26. The monoisotopic (exact) mass is 264 g/mol. The summed E-state index contributed by atoms with van der Waals surface area (Å²) in [6.07, 6.45) is 4.48. The number of carbonyl (C=O) groups excluding carboxylic acids is 1. The Bertz CT molecular complexity index is 505. The molecule has 0 unspecified atom stereocenters. The van der Waals surface area contributed by atoms with E-state index in [1.807, 2.05) is 25.3 Å². The van der Waals surface area contributed by atoms with Crippen LogP contribution in [0.2, 0.25) is 0 Å². The van der Waals surface area contributed by atoms with Crippen LogP contribution >= 0.6 is 15.9 Å². The molecule has 0 aliphatic rings. The molecule has 15 heavy (non-hydrogen) atoms. The molecule has 0 atom stereocenters. The van der Waals surface area contributed by atoms with Gasteiger partial charge in [-0.2, -0.15) is 5.10 Å². The largest absolute Gasteiger partial charge is 0.298 e.